The topological polar surface area (TPSA) is 80.8 Å². The van der Waals surface area contributed by atoms with Gasteiger partial charge in [0.05, 0.1) is 17.1 Å². The van der Waals surface area contributed by atoms with E-state index in [1.807, 2.05) is 26.0 Å². The molecule has 2 rings (SSSR count). The van der Waals surface area contributed by atoms with Crippen molar-refractivity contribution in [3.05, 3.63) is 35.4 Å². The smallest absolute Gasteiger partial charge is 0.338 e. The van der Waals surface area contributed by atoms with E-state index in [1.165, 1.54) is 0 Å². The number of nitrogens with zero attached hydrogens (tertiary/aromatic N) is 1. The Morgan fingerprint density at radius 1 is 1.21 bits per heavy atom. The molecule has 1 aromatic carbocycles. The Morgan fingerprint density at radius 2 is 1.82 bits per heavy atom. The average Bonchev–Trinajstić information content (AvgIpc) is 2.98. The monoisotopic (exact) mass is 409 g/mol. The van der Waals surface area contributed by atoms with E-state index >= 15 is 0 Å². The fourth-order valence-corrected chi connectivity index (χ4v) is 5.10. The summed E-state index contributed by atoms with van der Waals surface area (Å²) in [6.45, 7) is 9.71. The first-order valence-corrected chi connectivity index (χ1v) is 11.6. The third-order valence-corrected chi connectivity index (χ3v) is 7.02. The summed E-state index contributed by atoms with van der Waals surface area (Å²) in [5.41, 5.74) is 1.47. The van der Waals surface area contributed by atoms with Crippen LogP contribution >= 0.6 is 0 Å². The molecule has 28 heavy (non-hydrogen) atoms. The van der Waals surface area contributed by atoms with Gasteiger partial charge in [-0.25, -0.2) is 13.2 Å². The number of esters is 1. The molecule has 6 nitrogen and oxygen atoms in total. The van der Waals surface area contributed by atoms with E-state index in [4.69, 9.17) is 4.74 Å². The predicted molar refractivity (Wildman–Crippen MR) is 109 cm³/mol. The molecule has 0 aliphatic carbocycles. The number of carbonyl (C=O) groups excluding carboxylic acids is 2. The second-order valence-electron chi connectivity index (χ2n) is 8.52. The summed E-state index contributed by atoms with van der Waals surface area (Å²) in [7, 11) is -3.11. The lowest BCUT2D eigenvalue weighted by Gasteiger charge is -2.33. The van der Waals surface area contributed by atoms with Gasteiger partial charge in [-0.15, -0.1) is 0 Å². The largest absolute Gasteiger partial charge is 0.452 e. The molecule has 7 heteroatoms. The number of hydrogen-bond donors (Lipinski definition) is 0. The lowest BCUT2D eigenvalue weighted by Crippen LogP contribution is -2.48. The van der Waals surface area contributed by atoms with Crippen LogP contribution in [0, 0.1) is 0 Å². The van der Waals surface area contributed by atoms with Gasteiger partial charge in [-0.2, -0.15) is 0 Å². The Bertz CT molecular complexity index is 808. The summed E-state index contributed by atoms with van der Waals surface area (Å²) in [4.78, 5) is 26.6. The van der Waals surface area contributed by atoms with Crippen LogP contribution in [0.25, 0.3) is 0 Å². The molecule has 1 amide bonds. The number of ether oxygens (including phenoxy) is 1. The molecule has 1 aliphatic rings. The number of carbonyl (C=O) groups is 2. The third kappa shape index (κ3) is 5.56. The van der Waals surface area contributed by atoms with Crippen molar-refractivity contribution in [2.75, 3.05) is 18.1 Å². The van der Waals surface area contributed by atoms with Crippen LogP contribution in [0.2, 0.25) is 0 Å². The summed E-state index contributed by atoms with van der Waals surface area (Å²) in [6, 6.07) is 6.69. The maximum atomic E-state index is 12.7. The van der Waals surface area contributed by atoms with Crippen molar-refractivity contribution in [3.8, 4) is 0 Å². The van der Waals surface area contributed by atoms with Gasteiger partial charge in [0.15, 0.2) is 16.4 Å². The van der Waals surface area contributed by atoms with Crippen LogP contribution in [0.4, 0.5) is 0 Å². The Morgan fingerprint density at radius 3 is 2.29 bits per heavy atom. The third-order valence-electron chi connectivity index (χ3n) is 5.27. The number of amides is 1. The van der Waals surface area contributed by atoms with Gasteiger partial charge in [0, 0.05) is 12.1 Å². The summed E-state index contributed by atoms with van der Waals surface area (Å²) >= 11 is 0. The van der Waals surface area contributed by atoms with Crippen molar-refractivity contribution in [1.82, 2.24) is 4.90 Å². The summed E-state index contributed by atoms with van der Waals surface area (Å²) in [6.07, 6.45) is 1.13. The van der Waals surface area contributed by atoms with Crippen LogP contribution in [0.5, 0.6) is 0 Å². The summed E-state index contributed by atoms with van der Waals surface area (Å²) in [5.74, 6) is -0.837. The minimum Gasteiger partial charge on any atom is -0.452 e. The maximum Gasteiger partial charge on any atom is 0.338 e. The fraction of sp³-hybridized carbons (Fsp3) is 0.619. The quantitative estimate of drug-likeness (QED) is 0.675. The predicted octanol–water partition coefficient (Wildman–Crippen LogP) is 2.96. The molecule has 1 saturated heterocycles. The van der Waals surface area contributed by atoms with Crippen molar-refractivity contribution in [1.29, 1.82) is 0 Å². The molecule has 1 aliphatic heterocycles. The van der Waals surface area contributed by atoms with Crippen molar-refractivity contribution in [3.63, 3.8) is 0 Å². The molecule has 0 bridgehead atoms. The van der Waals surface area contributed by atoms with E-state index in [0.29, 0.717) is 18.4 Å². The van der Waals surface area contributed by atoms with E-state index in [2.05, 4.69) is 20.8 Å². The zero-order valence-corrected chi connectivity index (χ0v) is 18.2. The number of hydrogen-bond acceptors (Lipinski definition) is 5. The van der Waals surface area contributed by atoms with Crippen LogP contribution in [0.1, 0.15) is 63.4 Å². The highest BCUT2D eigenvalue weighted by Gasteiger charge is 2.36. The molecular formula is C21H31NO5S. The van der Waals surface area contributed by atoms with Gasteiger partial charge in [-0.3, -0.25) is 4.79 Å². The molecule has 0 spiro atoms. The van der Waals surface area contributed by atoms with Gasteiger partial charge in [0.1, 0.15) is 0 Å². The molecule has 1 fully saturated rings. The molecule has 2 atom stereocenters. The highest BCUT2D eigenvalue weighted by molar-refractivity contribution is 7.91. The average molecular weight is 410 g/mol. The standard InChI is InChI=1S/C21H31NO5S/c1-6-15(2)22(18-11-12-28(25,26)14-18)19(23)13-27-20(24)16-7-9-17(10-8-16)21(3,4)5/h7-10,15,18H,6,11-14H2,1-5H3/t15-,18-/m1/s1. The van der Waals surface area contributed by atoms with E-state index < -0.39 is 15.8 Å². The summed E-state index contributed by atoms with van der Waals surface area (Å²) < 4.78 is 28.8. The second kappa shape index (κ2) is 8.64. The fourth-order valence-electron chi connectivity index (χ4n) is 3.39. The van der Waals surface area contributed by atoms with Crippen LogP contribution in [-0.2, 0) is 24.8 Å². The summed E-state index contributed by atoms with van der Waals surface area (Å²) in [5, 5.41) is 0. The van der Waals surface area contributed by atoms with Crippen molar-refractivity contribution < 1.29 is 22.7 Å². The first-order valence-electron chi connectivity index (χ1n) is 9.74. The van der Waals surface area contributed by atoms with Gasteiger partial charge < -0.3 is 9.64 Å². The molecule has 156 valence electrons. The van der Waals surface area contributed by atoms with E-state index in [1.54, 1.807) is 17.0 Å². The highest BCUT2D eigenvalue weighted by atomic mass is 32.2. The van der Waals surface area contributed by atoms with Gasteiger partial charge >= 0.3 is 5.97 Å². The number of benzene rings is 1. The van der Waals surface area contributed by atoms with Crippen molar-refractivity contribution >= 4 is 21.7 Å². The molecular weight excluding hydrogens is 378 g/mol. The second-order valence-corrected chi connectivity index (χ2v) is 10.7. The number of rotatable bonds is 6. The molecule has 1 heterocycles. The van der Waals surface area contributed by atoms with Crippen molar-refractivity contribution in [2.24, 2.45) is 0 Å². The highest BCUT2D eigenvalue weighted by Crippen LogP contribution is 2.23. The molecule has 0 radical (unpaired) electrons. The van der Waals surface area contributed by atoms with Crippen LogP contribution in [0.3, 0.4) is 0 Å². The lowest BCUT2D eigenvalue weighted by molar-refractivity contribution is -0.138. The molecule has 1 aromatic rings. The zero-order chi connectivity index (χ0) is 21.1. The Hall–Kier alpha value is -1.89. The van der Waals surface area contributed by atoms with Gasteiger partial charge in [-0.1, -0.05) is 39.8 Å². The molecule has 0 saturated carbocycles. The minimum absolute atomic E-state index is 0.0171. The lowest BCUT2D eigenvalue weighted by atomic mass is 9.87. The SMILES string of the molecule is CC[C@@H](C)N(C(=O)COC(=O)c1ccc(C(C)(C)C)cc1)[C@@H]1CCS(=O)(=O)C1. The maximum absolute atomic E-state index is 12.7. The van der Waals surface area contributed by atoms with Gasteiger partial charge in [-0.05, 0) is 42.9 Å². The van der Waals surface area contributed by atoms with Crippen molar-refractivity contribution in [2.45, 2.75) is 65.0 Å². The molecule has 0 unspecified atom stereocenters. The Balaban J connectivity index is 2.02. The first-order chi connectivity index (χ1) is 12.9. The van der Waals surface area contributed by atoms with Crippen LogP contribution in [0.15, 0.2) is 24.3 Å². The van der Waals surface area contributed by atoms with Crippen LogP contribution in [-0.4, -0.2) is 55.4 Å². The van der Waals surface area contributed by atoms with Gasteiger partial charge in [0.25, 0.3) is 5.91 Å². The number of sulfone groups is 1. The Labute approximate surface area is 168 Å². The Kier molecular flexibility index (Phi) is 6.91. The molecule has 0 N–H and O–H groups in total. The zero-order valence-electron chi connectivity index (χ0n) is 17.4. The van der Waals surface area contributed by atoms with Gasteiger partial charge in [0.2, 0.25) is 0 Å². The first kappa shape index (κ1) is 22.4. The minimum atomic E-state index is -3.11. The van der Waals surface area contributed by atoms with E-state index in [-0.39, 0.29) is 41.5 Å². The normalized spacial score (nSPS) is 19.8. The van der Waals surface area contributed by atoms with Crippen LogP contribution < -0.4 is 0 Å². The van der Waals surface area contributed by atoms with E-state index in [0.717, 1.165) is 5.56 Å². The van der Waals surface area contributed by atoms with E-state index in [9.17, 15) is 18.0 Å². The molecule has 0 aromatic heterocycles.